The number of carbonyl (C=O) groups is 1. The van der Waals surface area contributed by atoms with Gasteiger partial charge in [0.2, 0.25) is 5.91 Å². The van der Waals surface area contributed by atoms with E-state index < -0.39 is 0 Å². The number of carbonyl (C=O) groups excluding carboxylic acids is 1. The van der Waals surface area contributed by atoms with E-state index in [4.69, 9.17) is 0 Å². The zero-order valence-corrected chi connectivity index (χ0v) is 16.1. The van der Waals surface area contributed by atoms with Crippen LogP contribution in [0.2, 0.25) is 0 Å². The van der Waals surface area contributed by atoms with E-state index in [9.17, 15) is 9.59 Å². The van der Waals surface area contributed by atoms with Crippen molar-refractivity contribution >= 4 is 16.9 Å². The molecule has 146 valence electrons. The summed E-state index contributed by atoms with van der Waals surface area (Å²) in [5.74, 6) is -0.00533. The van der Waals surface area contributed by atoms with E-state index in [1.807, 2.05) is 31.2 Å². The minimum absolute atomic E-state index is 0.00533. The number of hydrogen-bond acceptors (Lipinski definition) is 4. The fraction of sp³-hybridized carbons (Fsp3) is 0.429. The molecule has 0 radical (unpaired) electrons. The topological polar surface area (TPSA) is 81.8 Å². The fourth-order valence-electron chi connectivity index (χ4n) is 3.75. The van der Waals surface area contributed by atoms with Crippen molar-refractivity contribution in [3.8, 4) is 5.69 Å². The van der Waals surface area contributed by atoms with Gasteiger partial charge in [0.15, 0.2) is 5.65 Å². The summed E-state index contributed by atoms with van der Waals surface area (Å²) in [7, 11) is 0. The molecule has 1 amide bonds. The molecule has 1 saturated carbocycles. The number of benzene rings is 1. The van der Waals surface area contributed by atoms with Crippen molar-refractivity contribution in [3.63, 3.8) is 0 Å². The van der Waals surface area contributed by atoms with Gasteiger partial charge in [-0.2, -0.15) is 5.10 Å². The third-order valence-corrected chi connectivity index (χ3v) is 5.38. The summed E-state index contributed by atoms with van der Waals surface area (Å²) >= 11 is 0. The van der Waals surface area contributed by atoms with E-state index in [2.05, 4.69) is 15.4 Å². The zero-order chi connectivity index (χ0) is 19.5. The van der Waals surface area contributed by atoms with Gasteiger partial charge in [-0.15, -0.1) is 0 Å². The molecule has 28 heavy (non-hydrogen) atoms. The molecule has 0 atom stereocenters. The monoisotopic (exact) mass is 379 g/mol. The second kappa shape index (κ2) is 7.96. The van der Waals surface area contributed by atoms with Gasteiger partial charge in [0.05, 0.1) is 18.2 Å². The molecule has 0 unspecified atom stereocenters. The molecule has 0 bridgehead atoms. The van der Waals surface area contributed by atoms with E-state index in [1.54, 1.807) is 10.9 Å². The van der Waals surface area contributed by atoms with Crippen molar-refractivity contribution in [2.45, 2.75) is 58.0 Å². The second-order valence-electron chi connectivity index (χ2n) is 7.52. The molecule has 7 heteroatoms. The highest BCUT2D eigenvalue weighted by atomic mass is 16.2. The van der Waals surface area contributed by atoms with E-state index in [-0.39, 0.29) is 23.9 Å². The van der Waals surface area contributed by atoms with Crippen molar-refractivity contribution in [1.82, 2.24) is 24.6 Å². The van der Waals surface area contributed by atoms with Crippen LogP contribution in [0.3, 0.4) is 0 Å². The summed E-state index contributed by atoms with van der Waals surface area (Å²) < 4.78 is 3.15. The molecule has 1 N–H and O–H groups in total. The van der Waals surface area contributed by atoms with Crippen LogP contribution in [0.5, 0.6) is 0 Å². The van der Waals surface area contributed by atoms with Crippen LogP contribution in [0.25, 0.3) is 16.7 Å². The lowest BCUT2D eigenvalue weighted by Crippen LogP contribution is -2.37. The van der Waals surface area contributed by atoms with Gasteiger partial charge in [0.25, 0.3) is 5.56 Å². The van der Waals surface area contributed by atoms with Gasteiger partial charge in [0.1, 0.15) is 5.39 Å². The Morgan fingerprint density at radius 1 is 1.18 bits per heavy atom. The molecular weight excluding hydrogens is 354 g/mol. The van der Waals surface area contributed by atoms with Crippen molar-refractivity contribution in [2.75, 3.05) is 0 Å². The Bertz CT molecular complexity index is 1030. The molecule has 2 aromatic heterocycles. The molecule has 2 heterocycles. The molecule has 0 aliphatic heterocycles. The number of aromatic nitrogens is 4. The molecule has 0 spiro atoms. The van der Waals surface area contributed by atoms with E-state index in [1.165, 1.54) is 30.2 Å². The molecule has 1 aliphatic rings. The van der Waals surface area contributed by atoms with Crippen LogP contribution in [-0.4, -0.2) is 31.3 Å². The number of nitrogens with zero attached hydrogens (tertiary/aromatic N) is 4. The summed E-state index contributed by atoms with van der Waals surface area (Å²) in [6.07, 6.45) is 9.04. The van der Waals surface area contributed by atoms with Crippen LogP contribution in [0.4, 0.5) is 0 Å². The SMILES string of the molecule is Cc1ccc(-n2ncc3c(=O)n(CCC(=O)NC4CCCCC4)cnc32)cc1. The predicted octanol–water partition coefficient (Wildman–Crippen LogP) is 2.73. The van der Waals surface area contributed by atoms with Gasteiger partial charge in [-0.3, -0.25) is 14.2 Å². The molecular formula is C21H25N5O2. The number of amides is 1. The van der Waals surface area contributed by atoms with Gasteiger partial charge in [-0.1, -0.05) is 37.0 Å². The summed E-state index contributed by atoms with van der Waals surface area (Å²) in [6.45, 7) is 2.34. The highest BCUT2D eigenvalue weighted by molar-refractivity contribution is 5.76. The molecule has 7 nitrogen and oxygen atoms in total. The van der Waals surface area contributed by atoms with Crippen LogP contribution < -0.4 is 10.9 Å². The standard InChI is InChI=1S/C21H25N5O2/c1-15-7-9-17(10-8-15)26-20-18(13-23-26)21(28)25(14-22-20)12-11-19(27)24-16-5-3-2-4-6-16/h7-10,13-14,16H,2-6,11-12H2,1H3,(H,24,27). The predicted molar refractivity (Wildman–Crippen MR) is 107 cm³/mol. The molecule has 1 aromatic carbocycles. The quantitative estimate of drug-likeness (QED) is 0.739. The number of rotatable bonds is 5. The van der Waals surface area contributed by atoms with Crippen molar-refractivity contribution in [1.29, 1.82) is 0 Å². The van der Waals surface area contributed by atoms with Crippen LogP contribution in [0.15, 0.2) is 41.6 Å². The van der Waals surface area contributed by atoms with E-state index in [0.29, 0.717) is 17.6 Å². The van der Waals surface area contributed by atoms with Crippen molar-refractivity contribution in [3.05, 3.63) is 52.7 Å². The highest BCUT2D eigenvalue weighted by Crippen LogP contribution is 2.17. The first-order valence-corrected chi connectivity index (χ1v) is 9.91. The lowest BCUT2D eigenvalue weighted by molar-refractivity contribution is -0.122. The van der Waals surface area contributed by atoms with E-state index in [0.717, 1.165) is 24.1 Å². The maximum Gasteiger partial charge on any atom is 0.264 e. The van der Waals surface area contributed by atoms with E-state index >= 15 is 0 Å². The van der Waals surface area contributed by atoms with Gasteiger partial charge in [-0.05, 0) is 31.9 Å². The third kappa shape index (κ3) is 3.83. The Kier molecular flexibility index (Phi) is 5.23. The number of nitrogens with one attached hydrogen (secondary N) is 1. The normalized spacial score (nSPS) is 15.0. The Morgan fingerprint density at radius 3 is 2.68 bits per heavy atom. The first-order valence-electron chi connectivity index (χ1n) is 9.91. The van der Waals surface area contributed by atoms with Gasteiger partial charge in [-0.25, -0.2) is 9.67 Å². The van der Waals surface area contributed by atoms with Gasteiger partial charge >= 0.3 is 0 Å². The fourth-order valence-corrected chi connectivity index (χ4v) is 3.75. The largest absolute Gasteiger partial charge is 0.353 e. The van der Waals surface area contributed by atoms with Crippen molar-refractivity contribution < 1.29 is 4.79 Å². The summed E-state index contributed by atoms with van der Waals surface area (Å²) in [5.41, 5.74) is 2.37. The Hall–Kier alpha value is -2.96. The molecule has 4 rings (SSSR count). The minimum Gasteiger partial charge on any atom is -0.353 e. The second-order valence-corrected chi connectivity index (χ2v) is 7.52. The molecule has 1 fully saturated rings. The molecule has 1 aliphatic carbocycles. The molecule has 0 saturated heterocycles. The number of aryl methyl sites for hydroxylation is 2. The van der Waals surface area contributed by atoms with Crippen LogP contribution in [0.1, 0.15) is 44.1 Å². The first-order chi connectivity index (χ1) is 13.6. The maximum atomic E-state index is 12.8. The van der Waals surface area contributed by atoms with Gasteiger partial charge < -0.3 is 5.32 Å². The highest BCUT2D eigenvalue weighted by Gasteiger charge is 2.16. The average molecular weight is 379 g/mol. The van der Waals surface area contributed by atoms with Crippen molar-refractivity contribution in [2.24, 2.45) is 0 Å². The lowest BCUT2D eigenvalue weighted by atomic mass is 9.95. The van der Waals surface area contributed by atoms with Crippen LogP contribution in [-0.2, 0) is 11.3 Å². The Labute approximate surface area is 163 Å². The Morgan fingerprint density at radius 2 is 1.93 bits per heavy atom. The van der Waals surface area contributed by atoms with Crippen LogP contribution >= 0.6 is 0 Å². The summed E-state index contributed by atoms with van der Waals surface area (Å²) in [4.78, 5) is 29.4. The smallest absolute Gasteiger partial charge is 0.264 e. The summed E-state index contributed by atoms with van der Waals surface area (Å²) in [6, 6.07) is 8.17. The zero-order valence-electron chi connectivity index (χ0n) is 16.1. The number of fused-ring (bicyclic) bond motifs is 1. The lowest BCUT2D eigenvalue weighted by Gasteiger charge is -2.22. The number of hydrogen-bond donors (Lipinski definition) is 1. The third-order valence-electron chi connectivity index (χ3n) is 5.38. The maximum absolute atomic E-state index is 12.8. The molecule has 3 aromatic rings. The minimum atomic E-state index is -0.172. The van der Waals surface area contributed by atoms with Gasteiger partial charge in [0, 0.05) is 19.0 Å². The summed E-state index contributed by atoms with van der Waals surface area (Å²) in [5, 5.41) is 7.87. The first kappa shape index (κ1) is 18.4. The average Bonchev–Trinajstić information content (AvgIpc) is 3.14. The Balaban J connectivity index is 1.48. The van der Waals surface area contributed by atoms with Crippen LogP contribution in [0, 0.1) is 6.92 Å².